The van der Waals surface area contributed by atoms with Gasteiger partial charge in [0.1, 0.15) is 0 Å². The summed E-state index contributed by atoms with van der Waals surface area (Å²) in [6, 6.07) is -1.36. The van der Waals surface area contributed by atoms with Gasteiger partial charge in [0.2, 0.25) is 5.91 Å². The van der Waals surface area contributed by atoms with Crippen molar-refractivity contribution in [2.75, 3.05) is 0 Å². The van der Waals surface area contributed by atoms with Gasteiger partial charge in [-0.3, -0.25) is 9.59 Å². The van der Waals surface area contributed by atoms with Crippen molar-refractivity contribution in [3.63, 3.8) is 0 Å². The maximum Gasteiger partial charge on any atom is 0.334 e. The zero-order chi connectivity index (χ0) is 10.5. The van der Waals surface area contributed by atoms with Crippen LogP contribution in [0.25, 0.3) is 0 Å². The van der Waals surface area contributed by atoms with Gasteiger partial charge >= 0.3 is 5.97 Å². The average molecular weight is 197 g/mol. The molecule has 0 bridgehead atoms. The van der Waals surface area contributed by atoms with Gasteiger partial charge in [-0.25, -0.2) is 4.79 Å². The third-order valence-electron chi connectivity index (χ3n) is 3.06. The number of β-lactam (4-membered cyclic amide) rings is 1. The highest BCUT2D eigenvalue weighted by Crippen LogP contribution is 2.39. The quantitative estimate of drug-likeness (QED) is 0.485. The van der Waals surface area contributed by atoms with Gasteiger partial charge in [-0.15, -0.1) is 0 Å². The van der Waals surface area contributed by atoms with Crippen LogP contribution in [0.2, 0.25) is 0 Å². The van der Waals surface area contributed by atoms with Crippen molar-refractivity contribution in [2.45, 2.75) is 31.8 Å². The number of rotatable bonds is 2. The number of hydrogen-bond donors (Lipinski definition) is 1. The SMILES string of the molecule is CCC1C(=O)N2C(C(=O)O)C(=O)C[C@H]12. The Hall–Kier alpha value is -1.39. The Kier molecular flexibility index (Phi) is 1.83. The van der Waals surface area contributed by atoms with E-state index in [9.17, 15) is 14.4 Å². The second-order valence-electron chi connectivity index (χ2n) is 3.74. The first-order valence-corrected chi connectivity index (χ1v) is 4.65. The van der Waals surface area contributed by atoms with Crippen LogP contribution in [0.4, 0.5) is 0 Å². The molecule has 5 heteroatoms. The molecular weight excluding hydrogens is 186 g/mol. The first kappa shape index (κ1) is 9.18. The average Bonchev–Trinajstić information content (AvgIpc) is 2.40. The van der Waals surface area contributed by atoms with E-state index in [1.54, 1.807) is 0 Å². The highest BCUT2D eigenvalue weighted by molar-refractivity contribution is 6.10. The summed E-state index contributed by atoms with van der Waals surface area (Å²) in [5, 5.41) is 8.77. The molecule has 1 N–H and O–H groups in total. The molecule has 0 aliphatic carbocycles. The lowest BCUT2D eigenvalue weighted by Crippen LogP contribution is -2.61. The van der Waals surface area contributed by atoms with E-state index in [-0.39, 0.29) is 30.1 Å². The smallest absolute Gasteiger partial charge is 0.334 e. The number of carbonyl (C=O) groups is 3. The second-order valence-corrected chi connectivity index (χ2v) is 3.74. The Balaban J connectivity index is 2.23. The molecular formula is C9H11NO4. The molecule has 0 aromatic rings. The maximum atomic E-state index is 11.4. The Morgan fingerprint density at radius 3 is 2.71 bits per heavy atom. The Bertz CT molecular complexity index is 325. The molecule has 2 fully saturated rings. The molecule has 2 heterocycles. The van der Waals surface area contributed by atoms with E-state index >= 15 is 0 Å². The second kappa shape index (κ2) is 2.80. The molecule has 0 aromatic heterocycles. The molecule has 0 spiro atoms. The van der Waals surface area contributed by atoms with Crippen molar-refractivity contribution in [2.24, 2.45) is 5.92 Å². The number of carboxylic acid groups (broad SMARTS) is 1. The van der Waals surface area contributed by atoms with E-state index in [0.29, 0.717) is 6.42 Å². The number of amides is 1. The summed E-state index contributed by atoms with van der Waals surface area (Å²) in [6.07, 6.45) is 0.890. The highest BCUT2D eigenvalue weighted by atomic mass is 16.4. The lowest BCUT2D eigenvalue weighted by molar-refractivity contribution is -0.164. The minimum absolute atomic E-state index is 0.136. The van der Waals surface area contributed by atoms with E-state index in [1.165, 1.54) is 4.90 Å². The van der Waals surface area contributed by atoms with Gasteiger partial charge in [0, 0.05) is 6.42 Å². The monoisotopic (exact) mass is 197 g/mol. The molecule has 0 saturated carbocycles. The fraction of sp³-hybridized carbons (Fsp3) is 0.667. The molecule has 76 valence electrons. The van der Waals surface area contributed by atoms with Gasteiger partial charge < -0.3 is 10.0 Å². The summed E-state index contributed by atoms with van der Waals surface area (Å²) in [7, 11) is 0. The normalized spacial score (nSPS) is 35.5. The van der Waals surface area contributed by atoms with E-state index in [2.05, 4.69) is 0 Å². The topological polar surface area (TPSA) is 74.7 Å². The van der Waals surface area contributed by atoms with Crippen LogP contribution in [0.15, 0.2) is 0 Å². The molecule has 2 rings (SSSR count). The fourth-order valence-corrected chi connectivity index (χ4v) is 2.37. The number of nitrogens with zero attached hydrogens (tertiary/aromatic N) is 1. The van der Waals surface area contributed by atoms with Crippen molar-refractivity contribution in [1.82, 2.24) is 4.90 Å². The Morgan fingerprint density at radius 2 is 2.21 bits per heavy atom. The molecule has 1 amide bonds. The number of Topliss-reactive ketones (excluding diaryl/α,β-unsaturated/α-hetero) is 1. The number of ketones is 1. The zero-order valence-electron chi connectivity index (χ0n) is 7.77. The number of aliphatic carboxylic acids is 1. The van der Waals surface area contributed by atoms with Crippen LogP contribution in [-0.4, -0.2) is 39.7 Å². The molecule has 2 unspecified atom stereocenters. The van der Waals surface area contributed by atoms with E-state index in [1.807, 2.05) is 6.92 Å². The summed E-state index contributed by atoms with van der Waals surface area (Å²) < 4.78 is 0. The minimum Gasteiger partial charge on any atom is -0.479 e. The van der Waals surface area contributed by atoms with Crippen molar-refractivity contribution < 1.29 is 19.5 Å². The van der Waals surface area contributed by atoms with Crippen molar-refractivity contribution >= 4 is 17.7 Å². The predicted octanol–water partition coefficient (Wildman–Crippen LogP) is -0.351. The van der Waals surface area contributed by atoms with Crippen molar-refractivity contribution in [3.8, 4) is 0 Å². The minimum atomic E-state index is -1.21. The summed E-state index contributed by atoms with van der Waals surface area (Å²) >= 11 is 0. The first-order chi connectivity index (χ1) is 6.57. The predicted molar refractivity (Wildman–Crippen MR) is 45.5 cm³/mol. The standard InChI is InChI=1S/C9H11NO4/c1-2-4-5-3-6(11)7(9(13)14)10(5)8(4)12/h4-5,7H,2-3H2,1H3,(H,13,14)/t4?,5-,7?/m1/s1. The van der Waals surface area contributed by atoms with E-state index < -0.39 is 12.0 Å². The molecule has 2 aliphatic heterocycles. The van der Waals surface area contributed by atoms with Gasteiger partial charge in [-0.2, -0.15) is 0 Å². The van der Waals surface area contributed by atoms with Gasteiger partial charge in [-0.1, -0.05) is 6.92 Å². The largest absolute Gasteiger partial charge is 0.479 e. The van der Waals surface area contributed by atoms with Crippen LogP contribution < -0.4 is 0 Å². The van der Waals surface area contributed by atoms with Crippen LogP contribution in [0.1, 0.15) is 19.8 Å². The maximum absolute atomic E-state index is 11.4. The van der Waals surface area contributed by atoms with Crippen LogP contribution in [0.3, 0.4) is 0 Å². The Morgan fingerprint density at radius 1 is 1.57 bits per heavy atom. The number of carbonyl (C=O) groups excluding carboxylic acids is 2. The first-order valence-electron chi connectivity index (χ1n) is 4.65. The van der Waals surface area contributed by atoms with Crippen LogP contribution >= 0.6 is 0 Å². The lowest BCUT2D eigenvalue weighted by Gasteiger charge is -2.43. The fourth-order valence-electron chi connectivity index (χ4n) is 2.37. The molecule has 2 saturated heterocycles. The van der Waals surface area contributed by atoms with Crippen molar-refractivity contribution in [3.05, 3.63) is 0 Å². The molecule has 0 radical (unpaired) electrons. The summed E-state index contributed by atoms with van der Waals surface area (Å²) in [5.41, 5.74) is 0. The van der Waals surface area contributed by atoms with Gasteiger partial charge in [0.15, 0.2) is 11.8 Å². The number of fused-ring (bicyclic) bond motifs is 1. The lowest BCUT2D eigenvalue weighted by atomic mass is 9.86. The van der Waals surface area contributed by atoms with Crippen molar-refractivity contribution in [1.29, 1.82) is 0 Å². The van der Waals surface area contributed by atoms with E-state index in [4.69, 9.17) is 5.11 Å². The zero-order valence-corrected chi connectivity index (χ0v) is 7.77. The summed E-state index contributed by atoms with van der Waals surface area (Å²) in [4.78, 5) is 34.7. The highest BCUT2D eigenvalue weighted by Gasteiger charge is 2.58. The van der Waals surface area contributed by atoms with Gasteiger partial charge in [-0.05, 0) is 6.42 Å². The Labute approximate surface area is 80.7 Å². The molecule has 14 heavy (non-hydrogen) atoms. The number of carboxylic acids is 1. The third kappa shape index (κ3) is 0.921. The molecule has 0 aromatic carbocycles. The summed E-state index contributed by atoms with van der Waals surface area (Å²) in [5.74, 6) is -1.87. The van der Waals surface area contributed by atoms with Gasteiger partial charge in [0.05, 0.1) is 12.0 Å². The van der Waals surface area contributed by atoms with Crippen LogP contribution in [-0.2, 0) is 14.4 Å². The van der Waals surface area contributed by atoms with Gasteiger partial charge in [0.25, 0.3) is 0 Å². The third-order valence-corrected chi connectivity index (χ3v) is 3.06. The number of hydrogen-bond acceptors (Lipinski definition) is 3. The molecule has 2 aliphatic rings. The molecule has 5 nitrogen and oxygen atoms in total. The van der Waals surface area contributed by atoms with E-state index in [0.717, 1.165) is 0 Å². The van der Waals surface area contributed by atoms with Crippen LogP contribution in [0.5, 0.6) is 0 Å². The summed E-state index contributed by atoms with van der Waals surface area (Å²) in [6.45, 7) is 1.87. The van der Waals surface area contributed by atoms with Crippen LogP contribution in [0, 0.1) is 5.92 Å². The molecule has 3 atom stereocenters.